The van der Waals surface area contributed by atoms with Crippen molar-refractivity contribution >= 4 is 11.6 Å². The third-order valence-corrected chi connectivity index (χ3v) is 3.95. The van der Waals surface area contributed by atoms with Gasteiger partial charge in [0.1, 0.15) is 6.61 Å². The lowest BCUT2D eigenvalue weighted by atomic mass is 10.2. The van der Waals surface area contributed by atoms with Crippen LogP contribution >= 0.6 is 11.6 Å². The van der Waals surface area contributed by atoms with E-state index in [0.717, 1.165) is 51.5 Å². The van der Waals surface area contributed by atoms with Gasteiger partial charge in [0.15, 0.2) is 11.5 Å². The van der Waals surface area contributed by atoms with E-state index in [4.69, 9.17) is 25.8 Å². The average molecular weight is 341 g/mol. The number of rotatable bonds is 9. The third kappa shape index (κ3) is 5.70. The summed E-state index contributed by atoms with van der Waals surface area (Å²) >= 11 is 6.29. The van der Waals surface area contributed by atoms with Gasteiger partial charge in [0.05, 0.1) is 25.3 Å². The van der Waals surface area contributed by atoms with Crippen molar-refractivity contribution in [3.05, 3.63) is 35.4 Å². The van der Waals surface area contributed by atoms with Gasteiger partial charge in [-0.15, -0.1) is 0 Å². The molecule has 0 aliphatic carbocycles. The van der Waals surface area contributed by atoms with E-state index in [2.05, 4.69) is 16.8 Å². The molecule has 5 nitrogen and oxygen atoms in total. The first-order valence-electron chi connectivity index (χ1n) is 7.85. The molecule has 2 rings (SSSR count). The average Bonchev–Trinajstić information content (AvgIpc) is 2.58. The van der Waals surface area contributed by atoms with E-state index in [1.54, 1.807) is 13.2 Å². The van der Waals surface area contributed by atoms with Crippen LogP contribution in [-0.4, -0.2) is 58.0 Å². The molecule has 0 saturated carbocycles. The lowest BCUT2D eigenvalue weighted by molar-refractivity contribution is 0.0384. The molecule has 1 aliphatic heterocycles. The number of halogens is 1. The van der Waals surface area contributed by atoms with Crippen molar-refractivity contribution in [3.63, 3.8) is 0 Å². The fraction of sp³-hybridized carbons (Fsp3) is 0.529. The molecule has 1 fully saturated rings. The van der Waals surface area contributed by atoms with Crippen molar-refractivity contribution in [3.8, 4) is 11.5 Å². The van der Waals surface area contributed by atoms with Crippen LogP contribution in [0.3, 0.4) is 0 Å². The molecular weight excluding hydrogens is 316 g/mol. The Hall–Kier alpha value is -1.27. The Kier molecular flexibility index (Phi) is 7.68. The van der Waals surface area contributed by atoms with Gasteiger partial charge in [-0.3, -0.25) is 4.90 Å². The van der Waals surface area contributed by atoms with Crippen molar-refractivity contribution < 1.29 is 14.2 Å². The Morgan fingerprint density at radius 2 is 2.17 bits per heavy atom. The van der Waals surface area contributed by atoms with E-state index in [-0.39, 0.29) is 0 Å². The first-order chi connectivity index (χ1) is 11.2. The zero-order valence-electron chi connectivity index (χ0n) is 13.6. The van der Waals surface area contributed by atoms with Gasteiger partial charge in [-0.25, -0.2) is 0 Å². The molecule has 0 atom stereocenters. The molecule has 0 radical (unpaired) electrons. The Balaban J connectivity index is 1.84. The molecule has 1 aliphatic rings. The first-order valence-corrected chi connectivity index (χ1v) is 8.23. The Bertz CT molecular complexity index is 505. The molecule has 23 heavy (non-hydrogen) atoms. The first kappa shape index (κ1) is 18.1. The standard InChI is InChI=1S/C17H25ClN2O3/c1-3-8-23-17-15(18)11-14(12-16(17)21-2)13-19-4-5-20-6-9-22-10-7-20/h3,11-12,19H,1,4-10,13H2,2H3. The fourth-order valence-electron chi connectivity index (χ4n) is 2.45. The number of benzene rings is 1. The van der Waals surface area contributed by atoms with Crippen LogP contribution < -0.4 is 14.8 Å². The molecule has 1 saturated heterocycles. The third-order valence-electron chi connectivity index (χ3n) is 3.67. The van der Waals surface area contributed by atoms with E-state index in [1.807, 2.05) is 12.1 Å². The van der Waals surface area contributed by atoms with Gasteiger partial charge >= 0.3 is 0 Å². The van der Waals surface area contributed by atoms with E-state index in [9.17, 15) is 0 Å². The van der Waals surface area contributed by atoms with Crippen LogP contribution in [0, 0.1) is 0 Å². The highest BCUT2D eigenvalue weighted by Gasteiger charge is 2.12. The van der Waals surface area contributed by atoms with Crippen molar-refractivity contribution in [2.24, 2.45) is 0 Å². The molecule has 1 N–H and O–H groups in total. The molecule has 0 unspecified atom stereocenters. The monoisotopic (exact) mass is 340 g/mol. The smallest absolute Gasteiger partial charge is 0.180 e. The molecule has 0 amide bonds. The minimum Gasteiger partial charge on any atom is -0.493 e. The summed E-state index contributed by atoms with van der Waals surface area (Å²) < 4.78 is 16.3. The summed E-state index contributed by atoms with van der Waals surface area (Å²) in [4.78, 5) is 2.40. The molecule has 1 aromatic rings. The van der Waals surface area contributed by atoms with E-state index in [1.165, 1.54) is 0 Å². The summed E-state index contributed by atoms with van der Waals surface area (Å²) in [7, 11) is 1.61. The largest absolute Gasteiger partial charge is 0.493 e. The summed E-state index contributed by atoms with van der Waals surface area (Å²) in [5, 5.41) is 3.99. The van der Waals surface area contributed by atoms with E-state index >= 15 is 0 Å². The maximum absolute atomic E-state index is 6.29. The summed E-state index contributed by atoms with van der Waals surface area (Å²) in [6, 6.07) is 3.86. The van der Waals surface area contributed by atoms with Crippen LogP contribution in [-0.2, 0) is 11.3 Å². The predicted octanol–water partition coefficient (Wildman–Crippen LogP) is 2.34. The van der Waals surface area contributed by atoms with Gasteiger partial charge < -0.3 is 19.5 Å². The predicted molar refractivity (Wildman–Crippen MR) is 92.7 cm³/mol. The van der Waals surface area contributed by atoms with Gasteiger partial charge in [-0.05, 0) is 17.7 Å². The molecular formula is C17H25ClN2O3. The molecule has 0 spiro atoms. The molecule has 6 heteroatoms. The fourth-order valence-corrected chi connectivity index (χ4v) is 2.74. The number of nitrogens with one attached hydrogen (secondary N) is 1. The zero-order chi connectivity index (χ0) is 16.5. The number of hydrogen-bond donors (Lipinski definition) is 1. The summed E-state index contributed by atoms with van der Waals surface area (Å²) in [5.41, 5.74) is 1.07. The lowest BCUT2D eigenvalue weighted by Gasteiger charge is -2.26. The lowest BCUT2D eigenvalue weighted by Crippen LogP contribution is -2.40. The number of methoxy groups -OCH3 is 1. The SMILES string of the molecule is C=CCOc1c(Cl)cc(CNCCN2CCOCC2)cc1OC. The normalized spacial score (nSPS) is 15.4. The number of morpholine rings is 1. The highest BCUT2D eigenvalue weighted by atomic mass is 35.5. The van der Waals surface area contributed by atoms with Crippen molar-refractivity contribution in [1.29, 1.82) is 0 Å². The summed E-state index contributed by atoms with van der Waals surface area (Å²) in [5.74, 6) is 1.20. The molecule has 128 valence electrons. The van der Waals surface area contributed by atoms with Gasteiger partial charge in [-0.2, -0.15) is 0 Å². The molecule has 0 bridgehead atoms. The van der Waals surface area contributed by atoms with Gasteiger partial charge in [-0.1, -0.05) is 24.3 Å². The molecule has 1 heterocycles. The van der Waals surface area contributed by atoms with E-state index < -0.39 is 0 Å². The highest BCUT2D eigenvalue weighted by Crippen LogP contribution is 2.36. The van der Waals surface area contributed by atoms with Crippen LogP contribution in [0.25, 0.3) is 0 Å². The van der Waals surface area contributed by atoms with Crippen molar-refractivity contribution in [2.75, 3.05) is 53.1 Å². The Morgan fingerprint density at radius 1 is 1.39 bits per heavy atom. The maximum Gasteiger partial charge on any atom is 0.180 e. The second-order valence-corrected chi connectivity index (χ2v) is 5.75. The molecule has 1 aromatic carbocycles. The molecule has 0 aromatic heterocycles. The van der Waals surface area contributed by atoms with Crippen LogP contribution in [0.2, 0.25) is 5.02 Å². The number of nitrogens with zero attached hydrogens (tertiary/aromatic N) is 1. The van der Waals surface area contributed by atoms with Crippen LogP contribution in [0.1, 0.15) is 5.56 Å². The van der Waals surface area contributed by atoms with Crippen LogP contribution in [0.5, 0.6) is 11.5 Å². The minimum atomic E-state index is 0.396. The minimum absolute atomic E-state index is 0.396. The van der Waals surface area contributed by atoms with E-state index in [0.29, 0.717) is 23.1 Å². The summed E-state index contributed by atoms with van der Waals surface area (Å²) in [6.07, 6.45) is 1.68. The summed E-state index contributed by atoms with van der Waals surface area (Å²) in [6.45, 7) is 10.4. The van der Waals surface area contributed by atoms with Crippen molar-refractivity contribution in [1.82, 2.24) is 10.2 Å². The number of hydrogen-bond acceptors (Lipinski definition) is 5. The topological polar surface area (TPSA) is 43.0 Å². The Morgan fingerprint density at radius 3 is 2.87 bits per heavy atom. The van der Waals surface area contributed by atoms with Gasteiger partial charge in [0, 0.05) is 32.7 Å². The van der Waals surface area contributed by atoms with Crippen LogP contribution in [0.4, 0.5) is 0 Å². The quantitative estimate of drug-likeness (QED) is 0.552. The van der Waals surface area contributed by atoms with Gasteiger partial charge in [0.25, 0.3) is 0 Å². The second kappa shape index (κ2) is 9.78. The van der Waals surface area contributed by atoms with Crippen molar-refractivity contribution in [2.45, 2.75) is 6.54 Å². The van der Waals surface area contributed by atoms with Crippen LogP contribution in [0.15, 0.2) is 24.8 Å². The maximum atomic E-state index is 6.29. The number of ether oxygens (including phenoxy) is 3. The van der Waals surface area contributed by atoms with Gasteiger partial charge in [0.2, 0.25) is 0 Å². The zero-order valence-corrected chi connectivity index (χ0v) is 14.4. The second-order valence-electron chi connectivity index (χ2n) is 5.34. The highest BCUT2D eigenvalue weighted by molar-refractivity contribution is 6.32. The Labute approximate surface area is 143 Å².